The lowest BCUT2D eigenvalue weighted by molar-refractivity contribution is 0.1000. The number of amides is 1. The molecule has 0 aliphatic carbocycles. The minimum atomic E-state index is -0.441. The molecule has 2 aromatic rings. The SMILES string of the molecule is CCCCCc1c(-c2cccc(F)c2)c(C(N)=O)c(C)n1CCCC. The Morgan fingerprint density at radius 3 is 2.48 bits per heavy atom. The summed E-state index contributed by atoms with van der Waals surface area (Å²) in [6.07, 6.45) is 6.30. The molecule has 0 unspecified atom stereocenters. The van der Waals surface area contributed by atoms with Crippen molar-refractivity contribution in [3.63, 3.8) is 0 Å². The molecule has 0 saturated carbocycles. The zero-order valence-corrected chi connectivity index (χ0v) is 15.6. The Morgan fingerprint density at radius 1 is 1.16 bits per heavy atom. The minimum absolute atomic E-state index is 0.300. The Hall–Kier alpha value is -2.10. The van der Waals surface area contributed by atoms with E-state index in [9.17, 15) is 9.18 Å². The van der Waals surface area contributed by atoms with Gasteiger partial charge < -0.3 is 10.3 Å². The number of nitrogens with zero attached hydrogens (tertiary/aromatic N) is 1. The van der Waals surface area contributed by atoms with Gasteiger partial charge in [0, 0.05) is 23.5 Å². The average molecular weight is 344 g/mol. The molecule has 1 aromatic heterocycles. The monoisotopic (exact) mass is 344 g/mol. The van der Waals surface area contributed by atoms with Gasteiger partial charge >= 0.3 is 0 Å². The normalized spacial score (nSPS) is 11.0. The van der Waals surface area contributed by atoms with Gasteiger partial charge in [-0.3, -0.25) is 4.79 Å². The van der Waals surface area contributed by atoms with E-state index in [2.05, 4.69) is 18.4 Å². The van der Waals surface area contributed by atoms with Crippen LogP contribution in [0.15, 0.2) is 24.3 Å². The zero-order valence-electron chi connectivity index (χ0n) is 15.6. The average Bonchev–Trinajstić information content (AvgIpc) is 2.85. The van der Waals surface area contributed by atoms with E-state index in [1.54, 1.807) is 6.07 Å². The van der Waals surface area contributed by atoms with Gasteiger partial charge in [-0.15, -0.1) is 0 Å². The fraction of sp³-hybridized carbons (Fsp3) is 0.476. The second-order valence-corrected chi connectivity index (χ2v) is 6.62. The van der Waals surface area contributed by atoms with Gasteiger partial charge in [0.2, 0.25) is 0 Å². The van der Waals surface area contributed by atoms with Crippen LogP contribution < -0.4 is 5.73 Å². The first kappa shape index (κ1) is 19.2. The van der Waals surface area contributed by atoms with Crippen LogP contribution in [-0.4, -0.2) is 10.5 Å². The molecule has 0 aliphatic heterocycles. The lowest BCUT2D eigenvalue weighted by Gasteiger charge is -2.13. The number of aromatic nitrogens is 1. The minimum Gasteiger partial charge on any atom is -0.366 e. The summed E-state index contributed by atoms with van der Waals surface area (Å²) in [5.74, 6) is -0.741. The maximum Gasteiger partial charge on any atom is 0.251 e. The number of benzene rings is 1. The van der Waals surface area contributed by atoms with Gasteiger partial charge in [-0.05, 0) is 43.9 Å². The van der Waals surface area contributed by atoms with Crippen molar-refractivity contribution in [1.82, 2.24) is 4.57 Å². The van der Waals surface area contributed by atoms with Crippen LogP contribution in [0.25, 0.3) is 11.1 Å². The van der Waals surface area contributed by atoms with Crippen LogP contribution in [0.3, 0.4) is 0 Å². The number of carbonyl (C=O) groups is 1. The number of primary amides is 1. The first-order chi connectivity index (χ1) is 12.0. The molecule has 0 aliphatic rings. The summed E-state index contributed by atoms with van der Waals surface area (Å²) < 4.78 is 16.0. The van der Waals surface area contributed by atoms with Crippen LogP contribution in [-0.2, 0) is 13.0 Å². The number of nitrogens with two attached hydrogens (primary N) is 1. The zero-order chi connectivity index (χ0) is 18.4. The van der Waals surface area contributed by atoms with Crippen LogP contribution in [0, 0.1) is 12.7 Å². The molecule has 0 radical (unpaired) electrons. The van der Waals surface area contributed by atoms with Crippen molar-refractivity contribution in [2.24, 2.45) is 5.73 Å². The van der Waals surface area contributed by atoms with Crippen molar-refractivity contribution in [3.8, 4) is 11.1 Å². The molecule has 0 saturated heterocycles. The molecule has 1 amide bonds. The molecule has 136 valence electrons. The Morgan fingerprint density at radius 2 is 1.88 bits per heavy atom. The quantitative estimate of drug-likeness (QED) is 0.622. The molecule has 4 heteroatoms. The molecule has 0 atom stereocenters. The number of hydrogen-bond acceptors (Lipinski definition) is 1. The van der Waals surface area contributed by atoms with E-state index < -0.39 is 5.91 Å². The second-order valence-electron chi connectivity index (χ2n) is 6.62. The molecular formula is C21H29FN2O. The molecule has 0 bridgehead atoms. The molecule has 0 fully saturated rings. The van der Waals surface area contributed by atoms with Crippen LogP contribution in [0.5, 0.6) is 0 Å². The van der Waals surface area contributed by atoms with Crippen molar-refractivity contribution < 1.29 is 9.18 Å². The highest BCUT2D eigenvalue weighted by Crippen LogP contribution is 2.34. The molecule has 3 nitrogen and oxygen atoms in total. The molecule has 2 rings (SSSR count). The third-order valence-electron chi connectivity index (χ3n) is 4.74. The van der Waals surface area contributed by atoms with E-state index in [1.165, 1.54) is 12.1 Å². The van der Waals surface area contributed by atoms with Crippen LogP contribution in [0.2, 0.25) is 0 Å². The molecule has 2 N–H and O–H groups in total. The number of halogens is 1. The second kappa shape index (κ2) is 8.84. The maximum atomic E-state index is 13.8. The Bertz CT molecular complexity index is 734. The van der Waals surface area contributed by atoms with E-state index in [4.69, 9.17) is 5.73 Å². The van der Waals surface area contributed by atoms with Crippen molar-refractivity contribution in [3.05, 3.63) is 47.0 Å². The van der Waals surface area contributed by atoms with Crippen molar-refractivity contribution in [2.45, 2.75) is 65.8 Å². The van der Waals surface area contributed by atoms with E-state index in [0.717, 1.165) is 67.6 Å². The highest BCUT2D eigenvalue weighted by atomic mass is 19.1. The summed E-state index contributed by atoms with van der Waals surface area (Å²) in [7, 11) is 0. The van der Waals surface area contributed by atoms with Crippen molar-refractivity contribution in [1.29, 1.82) is 0 Å². The van der Waals surface area contributed by atoms with Gasteiger partial charge in [0.25, 0.3) is 5.91 Å². The largest absolute Gasteiger partial charge is 0.366 e. The van der Waals surface area contributed by atoms with Crippen molar-refractivity contribution in [2.75, 3.05) is 0 Å². The van der Waals surface area contributed by atoms with E-state index in [-0.39, 0.29) is 5.82 Å². The lowest BCUT2D eigenvalue weighted by atomic mass is 9.97. The summed E-state index contributed by atoms with van der Waals surface area (Å²) in [4.78, 5) is 12.2. The smallest absolute Gasteiger partial charge is 0.251 e. The van der Waals surface area contributed by atoms with Gasteiger partial charge in [-0.25, -0.2) is 4.39 Å². The highest BCUT2D eigenvalue weighted by Gasteiger charge is 2.24. The van der Waals surface area contributed by atoms with Gasteiger partial charge in [0.1, 0.15) is 5.82 Å². The maximum absolute atomic E-state index is 13.8. The van der Waals surface area contributed by atoms with Crippen LogP contribution in [0.1, 0.15) is 67.7 Å². The van der Waals surface area contributed by atoms with E-state index in [1.807, 2.05) is 13.0 Å². The summed E-state index contributed by atoms with van der Waals surface area (Å²) >= 11 is 0. The number of hydrogen-bond donors (Lipinski definition) is 1. The predicted molar refractivity (Wildman–Crippen MR) is 101 cm³/mol. The third kappa shape index (κ3) is 4.30. The number of carbonyl (C=O) groups excluding carboxylic acids is 1. The first-order valence-corrected chi connectivity index (χ1v) is 9.28. The van der Waals surface area contributed by atoms with Gasteiger partial charge in [0.15, 0.2) is 0 Å². The summed E-state index contributed by atoms with van der Waals surface area (Å²) in [6.45, 7) is 7.13. The van der Waals surface area contributed by atoms with E-state index >= 15 is 0 Å². The van der Waals surface area contributed by atoms with Gasteiger partial charge in [-0.1, -0.05) is 45.2 Å². The molecule has 1 heterocycles. The highest BCUT2D eigenvalue weighted by molar-refractivity contribution is 6.02. The number of unbranched alkanes of at least 4 members (excludes halogenated alkanes) is 3. The fourth-order valence-electron chi connectivity index (χ4n) is 3.48. The van der Waals surface area contributed by atoms with Crippen LogP contribution >= 0.6 is 0 Å². The van der Waals surface area contributed by atoms with Crippen LogP contribution in [0.4, 0.5) is 4.39 Å². The van der Waals surface area contributed by atoms with Gasteiger partial charge in [0.05, 0.1) is 5.56 Å². The molecule has 1 aromatic carbocycles. The molecular weight excluding hydrogens is 315 g/mol. The predicted octanol–water partition coefficient (Wildman–Crippen LogP) is 5.23. The standard InChI is InChI=1S/C21H29FN2O/c1-4-6-8-12-18-20(16-10-9-11-17(22)14-16)19(21(23)25)15(3)24(18)13-7-5-2/h9-11,14H,4-8,12-13H2,1-3H3,(H2,23,25). The topological polar surface area (TPSA) is 48.0 Å². The third-order valence-corrected chi connectivity index (χ3v) is 4.74. The fourth-order valence-corrected chi connectivity index (χ4v) is 3.48. The molecule has 25 heavy (non-hydrogen) atoms. The lowest BCUT2D eigenvalue weighted by Crippen LogP contribution is -2.13. The number of rotatable bonds is 9. The van der Waals surface area contributed by atoms with E-state index in [0.29, 0.717) is 5.56 Å². The summed E-state index contributed by atoms with van der Waals surface area (Å²) in [6, 6.07) is 6.46. The van der Waals surface area contributed by atoms with Gasteiger partial charge in [-0.2, -0.15) is 0 Å². The molecule has 0 spiro atoms. The Balaban J connectivity index is 2.65. The van der Waals surface area contributed by atoms with Crippen molar-refractivity contribution >= 4 is 5.91 Å². The summed E-state index contributed by atoms with van der Waals surface area (Å²) in [5.41, 5.74) is 9.80. The Labute approximate surface area is 150 Å². The first-order valence-electron chi connectivity index (χ1n) is 9.28. The summed E-state index contributed by atoms with van der Waals surface area (Å²) in [5, 5.41) is 0. The Kier molecular flexibility index (Phi) is 6.80.